The van der Waals surface area contributed by atoms with E-state index in [-0.39, 0.29) is 12.6 Å². The summed E-state index contributed by atoms with van der Waals surface area (Å²) in [5.74, 6) is -1.99. The van der Waals surface area contributed by atoms with Gasteiger partial charge >= 0.3 is 12.0 Å². The summed E-state index contributed by atoms with van der Waals surface area (Å²) < 4.78 is 40.4. The second-order valence-corrected chi connectivity index (χ2v) is 3.72. The lowest BCUT2D eigenvalue weighted by Crippen LogP contribution is -2.34. The smallest absolute Gasteiger partial charge is 0.323 e. The third kappa shape index (κ3) is 3.52. The third-order valence-corrected chi connectivity index (χ3v) is 2.56. The van der Waals surface area contributed by atoms with Gasteiger partial charge in [0.1, 0.15) is 6.04 Å². The van der Waals surface area contributed by atoms with E-state index in [0.717, 1.165) is 13.0 Å². The SMILES string of the molecule is CN1CCC[C@H]1C(=O)OCCC(F)=C(F)F. The molecule has 0 aromatic heterocycles. The Balaban J connectivity index is 2.28. The van der Waals surface area contributed by atoms with E-state index in [9.17, 15) is 18.0 Å². The fourth-order valence-corrected chi connectivity index (χ4v) is 1.64. The zero-order valence-electron chi connectivity index (χ0n) is 9.01. The molecule has 1 fully saturated rings. The Kier molecular flexibility index (Phi) is 4.79. The number of nitrogens with zero attached hydrogens (tertiary/aromatic N) is 1. The Morgan fingerprint density at radius 1 is 1.44 bits per heavy atom. The lowest BCUT2D eigenvalue weighted by atomic mass is 10.2. The molecule has 92 valence electrons. The number of likely N-dealkylation sites (N-methyl/N-ethyl adjacent to an activating group) is 1. The van der Waals surface area contributed by atoms with E-state index in [1.165, 1.54) is 0 Å². The van der Waals surface area contributed by atoms with Gasteiger partial charge in [-0.3, -0.25) is 9.69 Å². The molecule has 0 spiro atoms. The fraction of sp³-hybridized carbons (Fsp3) is 0.700. The number of esters is 1. The van der Waals surface area contributed by atoms with Gasteiger partial charge in [0.05, 0.1) is 6.61 Å². The Labute approximate surface area is 91.9 Å². The van der Waals surface area contributed by atoms with Gasteiger partial charge in [-0.15, -0.1) is 0 Å². The third-order valence-electron chi connectivity index (χ3n) is 2.56. The molecule has 16 heavy (non-hydrogen) atoms. The minimum absolute atomic E-state index is 0.317. The number of carbonyl (C=O) groups is 1. The van der Waals surface area contributed by atoms with Crippen molar-refractivity contribution in [2.75, 3.05) is 20.2 Å². The van der Waals surface area contributed by atoms with Crippen LogP contribution in [-0.4, -0.2) is 37.1 Å². The molecule has 0 aliphatic carbocycles. The van der Waals surface area contributed by atoms with Gasteiger partial charge in [0, 0.05) is 6.42 Å². The molecule has 0 N–H and O–H groups in total. The van der Waals surface area contributed by atoms with E-state index < -0.39 is 24.3 Å². The van der Waals surface area contributed by atoms with Gasteiger partial charge in [-0.25, -0.2) is 4.39 Å². The van der Waals surface area contributed by atoms with Gasteiger partial charge in [0.2, 0.25) is 0 Å². The number of hydrogen-bond acceptors (Lipinski definition) is 3. The lowest BCUT2D eigenvalue weighted by molar-refractivity contribution is -0.148. The maximum absolute atomic E-state index is 12.4. The van der Waals surface area contributed by atoms with Gasteiger partial charge in [-0.05, 0) is 26.4 Å². The predicted octanol–water partition coefficient (Wildman–Crippen LogP) is 2.09. The van der Waals surface area contributed by atoms with Crippen molar-refractivity contribution in [1.29, 1.82) is 0 Å². The van der Waals surface area contributed by atoms with Gasteiger partial charge in [-0.2, -0.15) is 8.78 Å². The van der Waals surface area contributed by atoms with Crippen LogP contribution in [0.4, 0.5) is 13.2 Å². The van der Waals surface area contributed by atoms with Crippen molar-refractivity contribution in [3.05, 3.63) is 11.9 Å². The van der Waals surface area contributed by atoms with Crippen molar-refractivity contribution in [2.24, 2.45) is 0 Å². The molecular weight excluding hydrogens is 223 g/mol. The van der Waals surface area contributed by atoms with Gasteiger partial charge in [0.25, 0.3) is 0 Å². The molecule has 0 saturated carbocycles. The van der Waals surface area contributed by atoms with E-state index >= 15 is 0 Å². The molecule has 1 saturated heterocycles. The lowest BCUT2D eigenvalue weighted by Gasteiger charge is -2.17. The minimum atomic E-state index is -2.35. The first kappa shape index (κ1) is 13.0. The average Bonchev–Trinajstić information content (AvgIpc) is 2.64. The quantitative estimate of drug-likeness (QED) is 0.701. The van der Waals surface area contributed by atoms with Crippen LogP contribution in [0, 0.1) is 0 Å². The summed E-state index contributed by atoms with van der Waals surface area (Å²) >= 11 is 0. The molecule has 0 aromatic rings. The highest BCUT2D eigenvalue weighted by molar-refractivity contribution is 5.76. The Morgan fingerprint density at radius 2 is 2.12 bits per heavy atom. The van der Waals surface area contributed by atoms with Crippen LogP contribution in [0.15, 0.2) is 11.9 Å². The number of carbonyl (C=O) groups excluding carboxylic acids is 1. The van der Waals surface area contributed by atoms with Crippen LogP contribution in [0.3, 0.4) is 0 Å². The highest BCUT2D eigenvalue weighted by Crippen LogP contribution is 2.17. The molecule has 0 radical (unpaired) electrons. The molecule has 0 aromatic carbocycles. The predicted molar refractivity (Wildman–Crippen MR) is 51.6 cm³/mol. The second-order valence-electron chi connectivity index (χ2n) is 3.72. The van der Waals surface area contributed by atoms with Crippen molar-refractivity contribution in [3.8, 4) is 0 Å². The summed E-state index contributed by atoms with van der Waals surface area (Å²) in [6.45, 7) is 0.472. The summed E-state index contributed by atoms with van der Waals surface area (Å²) in [6, 6.07) is -0.317. The molecule has 1 aliphatic rings. The van der Waals surface area contributed by atoms with Crippen molar-refractivity contribution in [2.45, 2.75) is 25.3 Å². The van der Waals surface area contributed by atoms with E-state index in [1.807, 2.05) is 4.90 Å². The molecule has 0 amide bonds. The summed E-state index contributed by atoms with van der Waals surface area (Å²) in [4.78, 5) is 13.3. The molecular formula is C10H14F3NO2. The largest absolute Gasteiger partial charge is 0.464 e. The standard InChI is InChI=1S/C10H14F3NO2/c1-14-5-2-3-8(14)10(15)16-6-4-7(11)9(12)13/h8H,2-6H2,1H3/t8-/m0/s1. The van der Waals surface area contributed by atoms with E-state index in [1.54, 1.807) is 7.05 Å². The molecule has 1 rings (SSSR count). The minimum Gasteiger partial charge on any atom is -0.464 e. The van der Waals surface area contributed by atoms with E-state index in [2.05, 4.69) is 0 Å². The van der Waals surface area contributed by atoms with E-state index in [4.69, 9.17) is 4.74 Å². The van der Waals surface area contributed by atoms with Crippen LogP contribution in [0.25, 0.3) is 0 Å². The van der Waals surface area contributed by atoms with Crippen molar-refractivity contribution in [3.63, 3.8) is 0 Å². The van der Waals surface area contributed by atoms with Crippen molar-refractivity contribution in [1.82, 2.24) is 4.90 Å². The molecule has 3 nitrogen and oxygen atoms in total. The average molecular weight is 237 g/mol. The summed E-state index contributed by atoms with van der Waals surface area (Å²) in [5, 5.41) is 0. The van der Waals surface area contributed by atoms with Gasteiger partial charge in [-0.1, -0.05) is 0 Å². The normalized spacial score (nSPS) is 20.9. The molecule has 1 heterocycles. The first-order valence-electron chi connectivity index (χ1n) is 5.09. The maximum Gasteiger partial charge on any atom is 0.323 e. The number of rotatable bonds is 4. The van der Waals surface area contributed by atoms with Gasteiger partial charge < -0.3 is 4.74 Å². The Bertz CT molecular complexity index is 290. The Morgan fingerprint density at radius 3 is 2.62 bits per heavy atom. The van der Waals surface area contributed by atoms with Gasteiger partial charge in [0.15, 0.2) is 5.83 Å². The van der Waals surface area contributed by atoms with Crippen molar-refractivity contribution >= 4 is 5.97 Å². The zero-order chi connectivity index (χ0) is 12.1. The van der Waals surface area contributed by atoms with Crippen LogP contribution in [0.2, 0.25) is 0 Å². The zero-order valence-corrected chi connectivity index (χ0v) is 9.01. The fourth-order valence-electron chi connectivity index (χ4n) is 1.64. The first-order chi connectivity index (χ1) is 7.52. The molecule has 1 aliphatic heterocycles. The van der Waals surface area contributed by atoms with E-state index in [0.29, 0.717) is 6.42 Å². The molecule has 6 heteroatoms. The molecule has 0 bridgehead atoms. The van der Waals surface area contributed by atoms with Crippen LogP contribution in [-0.2, 0) is 9.53 Å². The summed E-state index contributed by atoms with van der Waals surface area (Å²) in [5.41, 5.74) is 0. The number of hydrogen-bond donors (Lipinski definition) is 0. The Hall–Kier alpha value is -1.04. The number of halogens is 3. The summed E-state index contributed by atoms with van der Waals surface area (Å²) in [7, 11) is 1.79. The number of ether oxygens (including phenoxy) is 1. The topological polar surface area (TPSA) is 29.5 Å². The molecule has 1 atom stereocenters. The highest BCUT2D eigenvalue weighted by Gasteiger charge is 2.28. The first-order valence-corrected chi connectivity index (χ1v) is 5.09. The number of likely N-dealkylation sites (tertiary alicyclic amines) is 1. The van der Waals surface area contributed by atoms with Crippen LogP contribution in [0.1, 0.15) is 19.3 Å². The second kappa shape index (κ2) is 5.89. The van der Waals surface area contributed by atoms with Crippen molar-refractivity contribution < 1.29 is 22.7 Å². The van der Waals surface area contributed by atoms with Crippen LogP contribution < -0.4 is 0 Å². The van der Waals surface area contributed by atoms with Crippen LogP contribution in [0.5, 0.6) is 0 Å². The maximum atomic E-state index is 12.4. The summed E-state index contributed by atoms with van der Waals surface area (Å²) in [6.07, 6.45) is -1.31. The highest BCUT2D eigenvalue weighted by atomic mass is 19.3. The van der Waals surface area contributed by atoms with Crippen LogP contribution >= 0.6 is 0 Å². The monoisotopic (exact) mass is 237 g/mol. The molecule has 0 unspecified atom stereocenters.